The largest absolute Gasteiger partial charge is 0.497 e. The fraction of sp³-hybridized carbons (Fsp3) is 0.364. The van der Waals surface area contributed by atoms with Crippen LogP contribution in [0, 0.1) is 0 Å². The third-order valence-electron chi connectivity index (χ3n) is 2.15. The maximum absolute atomic E-state index is 10.7. The van der Waals surface area contributed by atoms with Crippen molar-refractivity contribution in [1.82, 2.24) is 0 Å². The van der Waals surface area contributed by atoms with Gasteiger partial charge < -0.3 is 9.53 Å². The highest BCUT2D eigenvalue weighted by Gasteiger charge is 2.06. The van der Waals surface area contributed by atoms with Crippen LogP contribution in [0.5, 0.6) is 5.75 Å². The zero-order valence-electron chi connectivity index (χ0n) is 7.99. The van der Waals surface area contributed by atoms with Crippen LogP contribution in [-0.4, -0.2) is 13.4 Å². The zero-order chi connectivity index (χ0) is 9.68. The van der Waals surface area contributed by atoms with E-state index in [1.807, 2.05) is 31.2 Å². The molecule has 0 N–H and O–H groups in total. The summed E-state index contributed by atoms with van der Waals surface area (Å²) in [7, 11) is 1.63. The Morgan fingerprint density at radius 2 is 2.00 bits per heavy atom. The summed E-state index contributed by atoms with van der Waals surface area (Å²) in [5.74, 6) is 0.843. The number of hydrogen-bond donors (Lipinski definition) is 0. The summed E-state index contributed by atoms with van der Waals surface area (Å²) < 4.78 is 5.03. The number of benzene rings is 1. The summed E-state index contributed by atoms with van der Waals surface area (Å²) >= 11 is 0. The van der Waals surface area contributed by atoms with E-state index in [0.717, 1.165) is 24.0 Å². The summed E-state index contributed by atoms with van der Waals surface area (Å²) in [4.78, 5) is 10.7. The quantitative estimate of drug-likeness (QED) is 0.662. The van der Waals surface area contributed by atoms with Gasteiger partial charge >= 0.3 is 0 Å². The molecule has 1 atom stereocenters. The third kappa shape index (κ3) is 2.31. The molecule has 0 radical (unpaired) electrons. The number of carbonyl (C=O) groups is 1. The SMILES string of the molecule is CCC(C=O)c1ccc(OC)cc1. The van der Waals surface area contributed by atoms with Crippen LogP contribution in [0.25, 0.3) is 0 Å². The van der Waals surface area contributed by atoms with Crippen LogP contribution in [0.3, 0.4) is 0 Å². The summed E-state index contributed by atoms with van der Waals surface area (Å²) in [5, 5.41) is 0. The summed E-state index contributed by atoms with van der Waals surface area (Å²) in [6, 6.07) is 7.62. The second kappa shape index (κ2) is 4.65. The van der Waals surface area contributed by atoms with Crippen LogP contribution < -0.4 is 4.74 Å². The van der Waals surface area contributed by atoms with Gasteiger partial charge in [-0.25, -0.2) is 0 Å². The highest BCUT2D eigenvalue weighted by molar-refractivity contribution is 5.62. The van der Waals surface area contributed by atoms with Crippen LogP contribution in [0.1, 0.15) is 24.8 Å². The van der Waals surface area contributed by atoms with Gasteiger partial charge in [-0.2, -0.15) is 0 Å². The van der Waals surface area contributed by atoms with E-state index in [-0.39, 0.29) is 5.92 Å². The van der Waals surface area contributed by atoms with Gasteiger partial charge in [-0.1, -0.05) is 19.1 Å². The van der Waals surface area contributed by atoms with Gasteiger partial charge in [0.05, 0.1) is 7.11 Å². The maximum Gasteiger partial charge on any atom is 0.127 e. The highest BCUT2D eigenvalue weighted by atomic mass is 16.5. The van der Waals surface area contributed by atoms with Crippen molar-refractivity contribution in [2.45, 2.75) is 19.3 Å². The van der Waals surface area contributed by atoms with Crippen molar-refractivity contribution in [3.63, 3.8) is 0 Å². The number of carbonyl (C=O) groups excluding carboxylic acids is 1. The molecule has 0 aliphatic carbocycles. The summed E-state index contributed by atoms with van der Waals surface area (Å²) in [5.41, 5.74) is 1.05. The molecule has 0 bridgehead atoms. The Bertz CT molecular complexity index is 264. The molecule has 1 unspecified atom stereocenters. The van der Waals surface area contributed by atoms with E-state index in [0.29, 0.717) is 0 Å². The van der Waals surface area contributed by atoms with Crippen molar-refractivity contribution >= 4 is 6.29 Å². The van der Waals surface area contributed by atoms with Crippen molar-refractivity contribution in [1.29, 1.82) is 0 Å². The third-order valence-corrected chi connectivity index (χ3v) is 2.15. The molecule has 0 aromatic heterocycles. The Hall–Kier alpha value is -1.31. The minimum atomic E-state index is 0.0194. The average molecular weight is 178 g/mol. The molecule has 0 aliphatic heterocycles. The Labute approximate surface area is 78.5 Å². The van der Waals surface area contributed by atoms with Crippen molar-refractivity contribution in [2.24, 2.45) is 0 Å². The molecule has 1 aromatic rings. The molecular formula is C11H14O2. The number of hydrogen-bond acceptors (Lipinski definition) is 2. The second-order valence-corrected chi connectivity index (χ2v) is 2.92. The van der Waals surface area contributed by atoms with Crippen molar-refractivity contribution < 1.29 is 9.53 Å². The first kappa shape index (κ1) is 9.78. The molecule has 2 heteroatoms. The maximum atomic E-state index is 10.7. The lowest BCUT2D eigenvalue weighted by Crippen LogP contribution is -1.97. The van der Waals surface area contributed by atoms with Gasteiger partial charge in [-0.05, 0) is 24.1 Å². The van der Waals surface area contributed by atoms with Gasteiger partial charge in [-0.15, -0.1) is 0 Å². The standard InChI is InChI=1S/C11H14O2/c1-3-9(8-12)10-4-6-11(13-2)7-5-10/h4-9H,3H2,1-2H3. The highest BCUT2D eigenvalue weighted by Crippen LogP contribution is 2.19. The van der Waals surface area contributed by atoms with Gasteiger partial charge in [0.1, 0.15) is 12.0 Å². The fourth-order valence-corrected chi connectivity index (χ4v) is 1.26. The minimum absolute atomic E-state index is 0.0194. The van der Waals surface area contributed by atoms with E-state index in [2.05, 4.69) is 0 Å². The topological polar surface area (TPSA) is 26.3 Å². The lowest BCUT2D eigenvalue weighted by atomic mass is 9.98. The molecule has 13 heavy (non-hydrogen) atoms. The number of aldehydes is 1. The normalized spacial score (nSPS) is 12.2. The molecule has 0 saturated heterocycles. The van der Waals surface area contributed by atoms with Crippen LogP contribution in [0.2, 0.25) is 0 Å². The Morgan fingerprint density at radius 3 is 2.38 bits per heavy atom. The van der Waals surface area contributed by atoms with Crippen molar-refractivity contribution in [3.8, 4) is 5.75 Å². The van der Waals surface area contributed by atoms with E-state index < -0.39 is 0 Å². The summed E-state index contributed by atoms with van der Waals surface area (Å²) in [6.07, 6.45) is 1.83. The van der Waals surface area contributed by atoms with E-state index in [9.17, 15) is 4.79 Å². The molecule has 1 aromatic carbocycles. The van der Waals surface area contributed by atoms with E-state index in [1.54, 1.807) is 7.11 Å². The molecule has 70 valence electrons. The molecule has 0 aliphatic rings. The molecule has 0 saturated carbocycles. The smallest absolute Gasteiger partial charge is 0.127 e. The molecule has 0 spiro atoms. The number of rotatable bonds is 4. The van der Waals surface area contributed by atoms with Crippen molar-refractivity contribution in [3.05, 3.63) is 29.8 Å². The van der Waals surface area contributed by atoms with Crippen LogP contribution in [-0.2, 0) is 4.79 Å². The molecular weight excluding hydrogens is 164 g/mol. The lowest BCUT2D eigenvalue weighted by Gasteiger charge is -2.07. The predicted molar refractivity (Wildman–Crippen MR) is 52.1 cm³/mol. The predicted octanol–water partition coefficient (Wildman–Crippen LogP) is 2.39. The molecule has 0 amide bonds. The molecule has 0 heterocycles. The van der Waals surface area contributed by atoms with Gasteiger partial charge in [0.25, 0.3) is 0 Å². The van der Waals surface area contributed by atoms with Crippen LogP contribution >= 0.6 is 0 Å². The second-order valence-electron chi connectivity index (χ2n) is 2.92. The summed E-state index contributed by atoms with van der Waals surface area (Å²) in [6.45, 7) is 2.00. The molecule has 1 rings (SSSR count). The van der Waals surface area contributed by atoms with Crippen LogP contribution in [0.15, 0.2) is 24.3 Å². The molecule has 0 fully saturated rings. The monoisotopic (exact) mass is 178 g/mol. The lowest BCUT2D eigenvalue weighted by molar-refractivity contribution is -0.109. The number of ether oxygens (including phenoxy) is 1. The van der Waals surface area contributed by atoms with Crippen molar-refractivity contribution in [2.75, 3.05) is 7.11 Å². The number of methoxy groups -OCH3 is 1. The van der Waals surface area contributed by atoms with Gasteiger partial charge in [0, 0.05) is 5.92 Å². The first-order valence-corrected chi connectivity index (χ1v) is 4.41. The van der Waals surface area contributed by atoms with Gasteiger partial charge in [-0.3, -0.25) is 0 Å². The van der Waals surface area contributed by atoms with E-state index >= 15 is 0 Å². The first-order valence-electron chi connectivity index (χ1n) is 4.41. The Morgan fingerprint density at radius 1 is 1.38 bits per heavy atom. The van der Waals surface area contributed by atoms with E-state index in [1.165, 1.54) is 0 Å². The Kier molecular flexibility index (Phi) is 3.50. The van der Waals surface area contributed by atoms with Gasteiger partial charge in [0.15, 0.2) is 0 Å². The fourth-order valence-electron chi connectivity index (χ4n) is 1.26. The first-order chi connectivity index (χ1) is 6.31. The zero-order valence-corrected chi connectivity index (χ0v) is 7.99. The average Bonchev–Trinajstić information content (AvgIpc) is 2.21. The van der Waals surface area contributed by atoms with E-state index in [4.69, 9.17) is 4.74 Å². The Balaban J connectivity index is 2.83. The van der Waals surface area contributed by atoms with Gasteiger partial charge in [0.2, 0.25) is 0 Å². The minimum Gasteiger partial charge on any atom is -0.497 e. The van der Waals surface area contributed by atoms with Crippen LogP contribution in [0.4, 0.5) is 0 Å². The molecule has 2 nitrogen and oxygen atoms in total.